The summed E-state index contributed by atoms with van der Waals surface area (Å²) in [5.41, 5.74) is -1.49. The fraction of sp³-hybridized carbons (Fsp3) is 0.333. The normalized spacial score (nSPS) is 15.6. The maximum atomic E-state index is 14.3. The van der Waals surface area contributed by atoms with Crippen molar-refractivity contribution in [3.05, 3.63) is 65.1 Å². The van der Waals surface area contributed by atoms with E-state index in [-0.39, 0.29) is 53.8 Å². The van der Waals surface area contributed by atoms with E-state index in [0.29, 0.717) is 6.54 Å². The van der Waals surface area contributed by atoms with Gasteiger partial charge >= 0.3 is 12.1 Å². The summed E-state index contributed by atoms with van der Waals surface area (Å²) in [6, 6.07) is 6.92. The predicted octanol–water partition coefficient (Wildman–Crippen LogP) is 5.45. The number of carbonyl (C=O) groups is 1. The highest BCUT2D eigenvalue weighted by atomic mass is 32.2. The monoisotopic (exact) mass is 597 g/mol. The topological polar surface area (TPSA) is 111 Å². The Hall–Kier alpha value is -4.07. The van der Waals surface area contributed by atoms with Gasteiger partial charge in [0, 0.05) is 24.7 Å². The van der Waals surface area contributed by atoms with Gasteiger partial charge in [0.15, 0.2) is 4.90 Å². The Morgan fingerprint density at radius 2 is 1.98 bits per heavy atom. The fourth-order valence-electron chi connectivity index (χ4n) is 4.31. The maximum Gasteiger partial charge on any atom is 0.417 e. The van der Waals surface area contributed by atoms with E-state index in [0.717, 1.165) is 28.6 Å². The Labute approximate surface area is 233 Å². The highest BCUT2D eigenvalue weighted by Crippen LogP contribution is 2.41. The van der Waals surface area contributed by atoms with E-state index in [1.54, 1.807) is 13.8 Å². The number of nitrogens with zero attached hydrogens (tertiary/aromatic N) is 3. The summed E-state index contributed by atoms with van der Waals surface area (Å²) in [5.74, 6) is -2.14. The lowest BCUT2D eigenvalue weighted by molar-refractivity contribution is -0.138. The molecule has 0 spiro atoms. The number of carboxylic acid groups (broad SMARTS) is 1. The number of hydrogen-bond donors (Lipinski definition) is 1. The van der Waals surface area contributed by atoms with Crippen LogP contribution in [0.1, 0.15) is 43.4 Å². The molecule has 14 heteroatoms. The van der Waals surface area contributed by atoms with Crippen LogP contribution in [0.2, 0.25) is 0 Å². The van der Waals surface area contributed by atoms with E-state index in [9.17, 15) is 30.8 Å². The van der Waals surface area contributed by atoms with Crippen molar-refractivity contribution in [1.29, 1.82) is 0 Å². The number of alkyl halides is 3. The number of aromatic nitrogens is 2. The summed E-state index contributed by atoms with van der Waals surface area (Å²) < 4.78 is 96.4. The molecule has 2 heterocycles. The molecule has 1 aliphatic heterocycles. The number of carboxylic acids is 1. The molecule has 1 N–H and O–H groups in total. The summed E-state index contributed by atoms with van der Waals surface area (Å²) in [7, 11) is -4.34. The molecule has 1 aliphatic rings. The van der Waals surface area contributed by atoms with Gasteiger partial charge in [-0.05, 0) is 50.1 Å². The van der Waals surface area contributed by atoms with Crippen molar-refractivity contribution in [2.24, 2.45) is 0 Å². The fourth-order valence-corrected chi connectivity index (χ4v) is 5.88. The van der Waals surface area contributed by atoms with Gasteiger partial charge in [0.1, 0.15) is 17.7 Å². The van der Waals surface area contributed by atoms with Crippen molar-refractivity contribution in [2.75, 3.05) is 17.5 Å². The van der Waals surface area contributed by atoms with Crippen molar-refractivity contribution < 1.29 is 45.4 Å². The van der Waals surface area contributed by atoms with E-state index < -0.39 is 45.2 Å². The Kier molecular flexibility index (Phi) is 8.61. The van der Waals surface area contributed by atoms with E-state index in [1.165, 1.54) is 35.2 Å². The zero-order valence-electron chi connectivity index (χ0n) is 22.1. The first-order valence-electron chi connectivity index (χ1n) is 12.6. The number of sulfonamides is 1. The van der Waals surface area contributed by atoms with E-state index >= 15 is 0 Å². The molecule has 41 heavy (non-hydrogen) atoms. The average Bonchev–Trinajstić information content (AvgIpc) is 3.34. The van der Waals surface area contributed by atoms with Crippen LogP contribution in [0.15, 0.2) is 47.5 Å². The van der Waals surface area contributed by atoms with Crippen LogP contribution in [0.25, 0.3) is 12.2 Å². The Morgan fingerprint density at radius 1 is 1.22 bits per heavy atom. The van der Waals surface area contributed by atoms with Crippen molar-refractivity contribution in [2.45, 2.75) is 50.4 Å². The Morgan fingerprint density at radius 3 is 2.63 bits per heavy atom. The van der Waals surface area contributed by atoms with Gasteiger partial charge in [-0.1, -0.05) is 24.3 Å². The van der Waals surface area contributed by atoms with Gasteiger partial charge in [-0.25, -0.2) is 12.8 Å². The number of fused-ring (bicyclic) bond motifs is 1. The highest BCUT2D eigenvalue weighted by Gasteiger charge is 2.38. The van der Waals surface area contributed by atoms with Crippen LogP contribution in [-0.2, 0) is 27.5 Å². The van der Waals surface area contributed by atoms with Crippen LogP contribution >= 0.6 is 0 Å². The van der Waals surface area contributed by atoms with Crippen LogP contribution in [-0.4, -0.2) is 48.5 Å². The molecule has 0 saturated heterocycles. The van der Waals surface area contributed by atoms with E-state index in [4.69, 9.17) is 14.6 Å². The van der Waals surface area contributed by atoms with Crippen LogP contribution < -0.4 is 13.8 Å². The minimum Gasteiger partial charge on any atom is -0.486 e. The molecule has 0 radical (unpaired) electrons. The molecule has 0 aliphatic carbocycles. The Bertz CT molecular complexity index is 1570. The molecule has 3 aromatic rings. The summed E-state index contributed by atoms with van der Waals surface area (Å²) in [6.45, 7) is 3.70. The molecular formula is C27H27F4N3O6S. The predicted molar refractivity (Wildman–Crippen MR) is 142 cm³/mol. The molecule has 0 fully saturated rings. The van der Waals surface area contributed by atoms with E-state index in [1.807, 2.05) is 0 Å². The van der Waals surface area contributed by atoms with Crippen molar-refractivity contribution in [1.82, 2.24) is 9.78 Å². The van der Waals surface area contributed by atoms with Crippen molar-refractivity contribution in [3.63, 3.8) is 0 Å². The number of aryl methyl sites for hydroxylation is 1. The van der Waals surface area contributed by atoms with Gasteiger partial charge in [-0.3, -0.25) is 13.8 Å². The minimum absolute atomic E-state index is 0.0164. The number of anilines is 1. The van der Waals surface area contributed by atoms with Gasteiger partial charge in [-0.2, -0.15) is 13.2 Å². The molecule has 220 valence electrons. The second-order valence-corrected chi connectivity index (χ2v) is 10.9. The van der Waals surface area contributed by atoms with Crippen LogP contribution in [0.5, 0.6) is 11.6 Å². The lowest BCUT2D eigenvalue weighted by atomic mass is 10.0. The number of benzene rings is 2. The molecule has 1 atom stereocenters. The lowest BCUT2D eigenvalue weighted by Crippen LogP contribution is -2.43. The first kappa shape index (κ1) is 29.9. The van der Waals surface area contributed by atoms with Gasteiger partial charge in [0.05, 0.1) is 24.4 Å². The largest absolute Gasteiger partial charge is 0.486 e. The van der Waals surface area contributed by atoms with Crippen molar-refractivity contribution in [3.8, 4) is 11.6 Å². The summed E-state index contributed by atoms with van der Waals surface area (Å²) in [6.07, 6.45) is -2.32. The number of halogens is 4. The molecule has 0 amide bonds. The van der Waals surface area contributed by atoms with Gasteiger partial charge in [0.2, 0.25) is 0 Å². The quantitative estimate of drug-likeness (QED) is 0.244. The third-order valence-corrected chi connectivity index (χ3v) is 8.03. The van der Waals surface area contributed by atoms with E-state index in [2.05, 4.69) is 5.10 Å². The lowest BCUT2D eigenvalue weighted by Gasteiger charge is -2.35. The number of rotatable bonds is 10. The zero-order valence-corrected chi connectivity index (χ0v) is 22.9. The number of aliphatic carboxylic acids is 1. The number of ether oxygens (including phenoxy) is 2. The molecule has 9 nitrogen and oxygen atoms in total. The standard InChI is InChI=1S/C27H27F4N3O6S/c1-3-33-16-24(26(32-33)39-4-2)41(37,38)34-15-18(10-13-25(35)36)40-23-12-9-17(14-22(23)34)8-11-19-20(27(29,30)31)6-5-7-21(19)28/h5-9,11-12,14,16,18H,3-4,10,13,15H2,1-2H3,(H,35,36)/t18-/m0/s1. The smallest absolute Gasteiger partial charge is 0.417 e. The summed E-state index contributed by atoms with van der Waals surface area (Å²) in [5, 5.41) is 13.3. The molecule has 2 aromatic carbocycles. The molecule has 0 saturated carbocycles. The number of hydrogen-bond acceptors (Lipinski definition) is 6. The first-order chi connectivity index (χ1) is 19.3. The third kappa shape index (κ3) is 6.47. The molecule has 0 unspecified atom stereocenters. The second kappa shape index (κ2) is 11.8. The average molecular weight is 598 g/mol. The summed E-state index contributed by atoms with van der Waals surface area (Å²) in [4.78, 5) is 10.9. The van der Waals surface area contributed by atoms with Gasteiger partial charge in [-0.15, -0.1) is 5.10 Å². The van der Waals surface area contributed by atoms with Crippen molar-refractivity contribution >= 4 is 33.8 Å². The maximum absolute atomic E-state index is 14.3. The van der Waals surface area contributed by atoms with Gasteiger partial charge in [0.25, 0.3) is 15.9 Å². The molecule has 4 rings (SSSR count). The zero-order chi connectivity index (χ0) is 29.9. The molecule has 1 aromatic heterocycles. The minimum atomic E-state index is -4.79. The summed E-state index contributed by atoms with van der Waals surface area (Å²) >= 11 is 0. The molecule has 0 bridgehead atoms. The Balaban J connectivity index is 1.79. The highest BCUT2D eigenvalue weighted by molar-refractivity contribution is 7.93. The SMILES string of the molecule is CCOc1nn(CC)cc1S(=O)(=O)N1C[C@H](CCC(=O)O)Oc2ccc(C=Cc3c(F)cccc3C(F)(F)F)cc21. The second-order valence-electron chi connectivity index (χ2n) is 9.05. The third-order valence-electron chi connectivity index (χ3n) is 6.27. The van der Waals surface area contributed by atoms with Crippen LogP contribution in [0.4, 0.5) is 23.2 Å². The van der Waals surface area contributed by atoms with Crippen LogP contribution in [0, 0.1) is 5.82 Å². The molecular weight excluding hydrogens is 570 g/mol. The first-order valence-corrected chi connectivity index (χ1v) is 14.1. The van der Waals surface area contributed by atoms with Gasteiger partial charge < -0.3 is 14.6 Å². The van der Waals surface area contributed by atoms with Crippen LogP contribution in [0.3, 0.4) is 0 Å².